The van der Waals surface area contributed by atoms with Crippen molar-refractivity contribution in [2.45, 2.75) is 13.8 Å². The van der Waals surface area contributed by atoms with E-state index >= 15 is 0 Å². The summed E-state index contributed by atoms with van der Waals surface area (Å²) in [5.74, 6) is 0.453. The van der Waals surface area contributed by atoms with E-state index in [1.807, 2.05) is 37.3 Å². The molecule has 136 valence electrons. The lowest BCUT2D eigenvalue weighted by atomic mass is 10.1. The predicted octanol–water partition coefficient (Wildman–Crippen LogP) is 3.36. The van der Waals surface area contributed by atoms with E-state index in [0.717, 1.165) is 5.69 Å². The number of fused-ring (bicyclic) bond motifs is 1. The third-order valence-electron chi connectivity index (χ3n) is 4.40. The van der Waals surface area contributed by atoms with E-state index in [0.29, 0.717) is 34.0 Å². The minimum absolute atomic E-state index is 0.0903. The molecular formula is C20H17N3O4. The smallest absolute Gasteiger partial charge is 0.259 e. The van der Waals surface area contributed by atoms with Crippen molar-refractivity contribution in [3.63, 3.8) is 0 Å². The fourth-order valence-corrected chi connectivity index (χ4v) is 2.99. The Kier molecular flexibility index (Phi) is 4.12. The molecule has 0 fully saturated rings. The summed E-state index contributed by atoms with van der Waals surface area (Å²) in [5.41, 5.74) is 2.72. The van der Waals surface area contributed by atoms with Gasteiger partial charge in [-0.3, -0.25) is 9.59 Å². The molecule has 2 heterocycles. The first-order valence-electron chi connectivity index (χ1n) is 8.40. The van der Waals surface area contributed by atoms with Gasteiger partial charge in [0.2, 0.25) is 6.79 Å². The Morgan fingerprint density at radius 3 is 2.48 bits per heavy atom. The molecule has 0 aliphatic carbocycles. The summed E-state index contributed by atoms with van der Waals surface area (Å²) in [6, 6.07) is 12.7. The maximum Gasteiger partial charge on any atom is 0.259 e. The van der Waals surface area contributed by atoms with Crippen LogP contribution in [-0.4, -0.2) is 28.3 Å². The summed E-state index contributed by atoms with van der Waals surface area (Å²) in [4.78, 5) is 24.8. The van der Waals surface area contributed by atoms with Crippen LogP contribution in [0.15, 0.2) is 48.7 Å². The highest BCUT2D eigenvalue weighted by atomic mass is 16.7. The van der Waals surface area contributed by atoms with Gasteiger partial charge in [0, 0.05) is 11.6 Å². The lowest BCUT2D eigenvalue weighted by molar-refractivity contribution is 0.101. The number of anilines is 1. The summed E-state index contributed by atoms with van der Waals surface area (Å²) in [7, 11) is 0. The summed E-state index contributed by atoms with van der Waals surface area (Å²) < 4.78 is 12.3. The van der Waals surface area contributed by atoms with Gasteiger partial charge in [0.05, 0.1) is 28.8 Å². The van der Waals surface area contributed by atoms with Crippen LogP contribution in [0.3, 0.4) is 0 Å². The van der Waals surface area contributed by atoms with Crippen molar-refractivity contribution in [2.75, 3.05) is 12.1 Å². The van der Waals surface area contributed by atoms with Crippen LogP contribution in [0.1, 0.15) is 33.3 Å². The molecule has 27 heavy (non-hydrogen) atoms. The SMILES string of the molecule is CC(=O)c1cc2c(cc1NC(=O)c1cnn(-c3ccccc3)c1C)OCO2. The molecular weight excluding hydrogens is 346 g/mol. The number of carbonyl (C=O) groups excluding carboxylic acids is 2. The number of rotatable bonds is 4. The summed E-state index contributed by atoms with van der Waals surface area (Å²) in [5, 5.41) is 7.10. The first-order valence-corrected chi connectivity index (χ1v) is 8.40. The zero-order valence-corrected chi connectivity index (χ0v) is 14.9. The van der Waals surface area contributed by atoms with Crippen LogP contribution in [0.5, 0.6) is 11.5 Å². The molecule has 0 unspecified atom stereocenters. The molecule has 0 atom stereocenters. The van der Waals surface area contributed by atoms with Gasteiger partial charge in [-0.15, -0.1) is 0 Å². The first-order chi connectivity index (χ1) is 13.0. The molecule has 3 aromatic rings. The molecule has 7 heteroatoms. The zero-order valence-electron chi connectivity index (χ0n) is 14.9. The topological polar surface area (TPSA) is 82.5 Å². The number of benzene rings is 2. The van der Waals surface area contributed by atoms with Crippen molar-refractivity contribution in [3.8, 4) is 17.2 Å². The number of nitrogens with zero attached hydrogens (tertiary/aromatic N) is 2. The lowest BCUT2D eigenvalue weighted by Gasteiger charge is -2.11. The lowest BCUT2D eigenvalue weighted by Crippen LogP contribution is -2.15. The highest BCUT2D eigenvalue weighted by Crippen LogP contribution is 2.37. The monoisotopic (exact) mass is 363 g/mol. The van der Waals surface area contributed by atoms with Gasteiger partial charge in [-0.1, -0.05) is 18.2 Å². The fraction of sp³-hybridized carbons (Fsp3) is 0.150. The van der Waals surface area contributed by atoms with Crippen LogP contribution in [0.4, 0.5) is 5.69 Å². The largest absolute Gasteiger partial charge is 0.454 e. The van der Waals surface area contributed by atoms with Crippen LogP contribution in [-0.2, 0) is 0 Å². The van der Waals surface area contributed by atoms with Crippen LogP contribution in [0.2, 0.25) is 0 Å². The number of hydrogen-bond donors (Lipinski definition) is 1. The van der Waals surface area contributed by atoms with E-state index in [1.54, 1.807) is 16.8 Å². The Balaban J connectivity index is 1.66. The second-order valence-electron chi connectivity index (χ2n) is 6.15. The van der Waals surface area contributed by atoms with Gasteiger partial charge in [-0.25, -0.2) is 4.68 Å². The summed E-state index contributed by atoms with van der Waals surface area (Å²) in [6.07, 6.45) is 1.51. The first kappa shape index (κ1) is 16.8. The van der Waals surface area contributed by atoms with Crippen molar-refractivity contribution in [1.82, 2.24) is 9.78 Å². The molecule has 0 saturated carbocycles. The molecule has 0 saturated heterocycles. The number of hydrogen-bond acceptors (Lipinski definition) is 5. The summed E-state index contributed by atoms with van der Waals surface area (Å²) in [6.45, 7) is 3.35. The van der Waals surface area contributed by atoms with Gasteiger partial charge in [0.15, 0.2) is 17.3 Å². The fourth-order valence-electron chi connectivity index (χ4n) is 2.99. The number of carbonyl (C=O) groups is 2. The van der Waals surface area contributed by atoms with E-state index in [9.17, 15) is 9.59 Å². The summed E-state index contributed by atoms with van der Waals surface area (Å²) >= 11 is 0. The quantitative estimate of drug-likeness (QED) is 0.719. The standard InChI is InChI=1S/C20H17N3O4/c1-12-16(10-21-23(12)14-6-4-3-5-7-14)20(25)22-17-9-19-18(26-11-27-19)8-15(17)13(2)24/h3-10H,11H2,1-2H3,(H,22,25). The van der Waals surface area contributed by atoms with E-state index in [-0.39, 0.29) is 18.5 Å². The van der Waals surface area contributed by atoms with E-state index in [1.165, 1.54) is 13.1 Å². The molecule has 7 nitrogen and oxygen atoms in total. The van der Waals surface area contributed by atoms with Crippen molar-refractivity contribution in [2.24, 2.45) is 0 Å². The normalized spacial score (nSPS) is 12.1. The molecule has 1 aromatic heterocycles. The Hall–Kier alpha value is -3.61. The number of amides is 1. The predicted molar refractivity (Wildman–Crippen MR) is 98.8 cm³/mol. The van der Waals surface area contributed by atoms with Crippen molar-refractivity contribution < 1.29 is 19.1 Å². The van der Waals surface area contributed by atoms with E-state index in [4.69, 9.17) is 9.47 Å². The zero-order chi connectivity index (χ0) is 19.0. The molecule has 1 aliphatic rings. The molecule has 0 radical (unpaired) electrons. The van der Waals surface area contributed by atoms with Crippen molar-refractivity contribution >= 4 is 17.4 Å². The van der Waals surface area contributed by atoms with Crippen molar-refractivity contribution in [1.29, 1.82) is 0 Å². The van der Waals surface area contributed by atoms with E-state index in [2.05, 4.69) is 10.4 Å². The van der Waals surface area contributed by atoms with Crippen molar-refractivity contribution in [3.05, 3.63) is 65.5 Å². The molecule has 1 amide bonds. The maximum absolute atomic E-state index is 12.8. The molecule has 4 rings (SSSR count). The third-order valence-corrected chi connectivity index (χ3v) is 4.40. The minimum atomic E-state index is -0.351. The molecule has 1 N–H and O–H groups in total. The Morgan fingerprint density at radius 2 is 1.78 bits per heavy atom. The number of Topliss-reactive ketones (excluding diaryl/α,β-unsaturated/α-hetero) is 1. The van der Waals surface area contributed by atoms with Gasteiger partial charge >= 0.3 is 0 Å². The molecule has 2 aromatic carbocycles. The highest BCUT2D eigenvalue weighted by molar-refractivity contribution is 6.09. The Labute approximate surface area is 155 Å². The number of ether oxygens (including phenoxy) is 2. The van der Waals surface area contributed by atoms with Crippen LogP contribution >= 0.6 is 0 Å². The number of ketones is 1. The average molecular weight is 363 g/mol. The molecule has 0 bridgehead atoms. The minimum Gasteiger partial charge on any atom is -0.454 e. The van der Waals surface area contributed by atoms with E-state index < -0.39 is 0 Å². The second-order valence-corrected chi connectivity index (χ2v) is 6.15. The Bertz CT molecular complexity index is 1040. The number of aromatic nitrogens is 2. The highest BCUT2D eigenvalue weighted by Gasteiger charge is 2.22. The number of para-hydroxylation sites is 1. The third kappa shape index (κ3) is 3.03. The van der Waals surface area contributed by atoms with Gasteiger partial charge in [-0.2, -0.15) is 5.10 Å². The second kappa shape index (κ2) is 6.60. The number of nitrogens with one attached hydrogen (secondary N) is 1. The van der Waals surface area contributed by atoms with Gasteiger partial charge in [0.25, 0.3) is 5.91 Å². The van der Waals surface area contributed by atoms with Crippen LogP contribution in [0.25, 0.3) is 5.69 Å². The van der Waals surface area contributed by atoms with Gasteiger partial charge in [-0.05, 0) is 32.0 Å². The van der Waals surface area contributed by atoms with Crippen LogP contribution < -0.4 is 14.8 Å². The molecule has 1 aliphatic heterocycles. The van der Waals surface area contributed by atoms with Gasteiger partial charge in [0.1, 0.15) is 0 Å². The average Bonchev–Trinajstić information content (AvgIpc) is 3.27. The van der Waals surface area contributed by atoms with Crippen LogP contribution in [0, 0.1) is 6.92 Å². The van der Waals surface area contributed by atoms with Gasteiger partial charge < -0.3 is 14.8 Å². The molecule has 0 spiro atoms. The maximum atomic E-state index is 12.8. The Morgan fingerprint density at radius 1 is 1.07 bits per heavy atom.